The highest BCUT2D eigenvalue weighted by molar-refractivity contribution is 7.99. The molecule has 28 heavy (non-hydrogen) atoms. The summed E-state index contributed by atoms with van der Waals surface area (Å²) in [6.45, 7) is 1.98. The third kappa shape index (κ3) is 5.76. The molecule has 2 aromatic carbocycles. The first-order chi connectivity index (χ1) is 13.6. The van der Waals surface area contributed by atoms with E-state index in [-0.39, 0.29) is 5.91 Å². The molecule has 0 spiro atoms. The Kier molecular flexibility index (Phi) is 7.37. The number of anilines is 2. The number of nitrogens with two attached hydrogens (primary N) is 1. The molecule has 0 aromatic heterocycles. The van der Waals surface area contributed by atoms with Crippen molar-refractivity contribution in [1.29, 1.82) is 0 Å². The molecular formula is C22H27N3O2S. The Morgan fingerprint density at radius 2 is 1.79 bits per heavy atom. The van der Waals surface area contributed by atoms with Gasteiger partial charge in [0.15, 0.2) is 0 Å². The molecule has 2 aromatic rings. The predicted molar refractivity (Wildman–Crippen MR) is 116 cm³/mol. The van der Waals surface area contributed by atoms with Gasteiger partial charge in [-0.2, -0.15) is 0 Å². The van der Waals surface area contributed by atoms with Gasteiger partial charge in [0, 0.05) is 30.1 Å². The summed E-state index contributed by atoms with van der Waals surface area (Å²) in [5.74, 6) is 0.254. The number of thioether (sulfide) groups is 1. The number of carbonyl (C=O) groups excluding carboxylic acids is 2. The Labute approximate surface area is 170 Å². The molecule has 5 nitrogen and oxygen atoms in total. The summed E-state index contributed by atoms with van der Waals surface area (Å²) in [6, 6.07) is 15.7. The molecule has 1 fully saturated rings. The predicted octanol–water partition coefficient (Wildman–Crippen LogP) is 4.29. The van der Waals surface area contributed by atoms with Crippen molar-refractivity contribution >= 4 is 35.0 Å². The van der Waals surface area contributed by atoms with Gasteiger partial charge in [0.05, 0.1) is 11.3 Å². The molecule has 0 unspecified atom stereocenters. The van der Waals surface area contributed by atoms with Crippen LogP contribution in [-0.2, 0) is 4.79 Å². The lowest BCUT2D eigenvalue weighted by Gasteiger charge is -2.29. The van der Waals surface area contributed by atoms with Crippen LogP contribution in [0.25, 0.3) is 0 Å². The van der Waals surface area contributed by atoms with Crippen LogP contribution in [-0.4, -0.2) is 30.7 Å². The van der Waals surface area contributed by atoms with E-state index >= 15 is 0 Å². The first kappa shape index (κ1) is 20.3. The quantitative estimate of drug-likeness (QED) is 0.515. The van der Waals surface area contributed by atoms with Crippen LogP contribution in [0.15, 0.2) is 53.4 Å². The minimum Gasteiger partial charge on any atom is -0.372 e. The standard InChI is InChI=1S/C22H27N3O2S/c23-22(27)19-16-17(25-13-5-2-6-14-25)11-12-20(19)24-21(26)10-7-15-28-18-8-3-1-4-9-18/h1,3-4,8-9,11-12,16H,2,5-7,10,13-15H2,(H2,23,27)(H,24,26). The minimum atomic E-state index is -0.520. The molecule has 3 N–H and O–H groups in total. The minimum absolute atomic E-state index is 0.0955. The van der Waals surface area contributed by atoms with Gasteiger partial charge >= 0.3 is 0 Å². The highest BCUT2D eigenvalue weighted by Crippen LogP contribution is 2.26. The van der Waals surface area contributed by atoms with Crippen LogP contribution in [0.4, 0.5) is 11.4 Å². The second kappa shape index (κ2) is 10.2. The Morgan fingerprint density at radius 1 is 1.04 bits per heavy atom. The van der Waals surface area contributed by atoms with Gasteiger partial charge in [-0.1, -0.05) is 18.2 Å². The zero-order valence-electron chi connectivity index (χ0n) is 16.0. The zero-order valence-corrected chi connectivity index (χ0v) is 16.8. The van der Waals surface area contributed by atoms with Crippen molar-refractivity contribution in [1.82, 2.24) is 0 Å². The lowest BCUT2D eigenvalue weighted by atomic mass is 10.1. The smallest absolute Gasteiger partial charge is 0.250 e. The highest BCUT2D eigenvalue weighted by atomic mass is 32.2. The number of hydrogen-bond acceptors (Lipinski definition) is 4. The molecule has 0 aliphatic carbocycles. The van der Waals surface area contributed by atoms with Crippen LogP contribution in [0.1, 0.15) is 42.5 Å². The van der Waals surface area contributed by atoms with E-state index in [0.29, 0.717) is 17.7 Å². The molecule has 1 aliphatic rings. The van der Waals surface area contributed by atoms with Crippen LogP contribution in [0.5, 0.6) is 0 Å². The van der Waals surface area contributed by atoms with Gasteiger partial charge in [0.25, 0.3) is 5.91 Å². The van der Waals surface area contributed by atoms with E-state index in [0.717, 1.165) is 43.8 Å². The fourth-order valence-corrected chi connectivity index (χ4v) is 4.22. The zero-order chi connectivity index (χ0) is 19.8. The number of amides is 2. The fraction of sp³-hybridized carbons (Fsp3) is 0.364. The van der Waals surface area contributed by atoms with Crippen molar-refractivity contribution in [2.75, 3.05) is 29.1 Å². The number of primary amides is 1. The van der Waals surface area contributed by atoms with E-state index in [9.17, 15) is 9.59 Å². The van der Waals surface area contributed by atoms with Crippen LogP contribution >= 0.6 is 11.8 Å². The van der Waals surface area contributed by atoms with Crippen molar-refractivity contribution in [2.45, 2.75) is 37.0 Å². The van der Waals surface area contributed by atoms with E-state index in [4.69, 9.17) is 5.73 Å². The molecule has 2 amide bonds. The molecule has 148 valence electrons. The van der Waals surface area contributed by atoms with Crippen LogP contribution in [0.3, 0.4) is 0 Å². The number of carbonyl (C=O) groups is 2. The number of benzene rings is 2. The first-order valence-corrected chi connectivity index (χ1v) is 10.8. The number of nitrogens with zero attached hydrogens (tertiary/aromatic N) is 1. The van der Waals surface area contributed by atoms with Gasteiger partial charge in [-0.25, -0.2) is 0 Å². The van der Waals surface area contributed by atoms with E-state index < -0.39 is 5.91 Å². The summed E-state index contributed by atoms with van der Waals surface area (Å²) in [6.07, 6.45) is 4.74. The molecule has 0 radical (unpaired) electrons. The molecule has 1 aliphatic heterocycles. The average molecular weight is 398 g/mol. The number of nitrogens with one attached hydrogen (secondary N) is 1. The normalized spacial score (nSPS) is 13.9. The Hall–Kier alpha value is -2.47. The summed E-state index contributed by atoms with van der Waals surface area (Å²) in [7, 11) is 0. The van der Waals surface area contributed by atoms with Crippen molar-refractivity contribution in [3.8, 4) is 0 Å². The maximum atomic E-state index is 12.3. The summed E-state index contributed by atoms with van der Waals surface area (Å²) < 4.78 is 0. The topological polar surface area (TPSA) is 75.4 Å². The van der Waals surface area contributed by atoms with Crippen molar-refractivity contribution in [2.24, 2.45) is 5.73 Å². The molecule has 0 bridgehead atoms. The number of piperidine rings is 1. The second-order valence-electron chi connectivity index (χ2n) is 6.96. The van der Waals surface area contributed by atoms with Crippen LogP contribution in [0.2, 0.25) is 0 Å². The van der Waals surface area contributed by atoms with Gasteiger partial charge in [0.2, 0.25) is 5.91 Å². The van der Waals surface area contributed by atoms with Gasteiger partial charge in [-0.15, -0.1) is 11.8 Å². The van der Waals surface area contributed by atoms with Crippen LogP contribution < -0.4 is 16.0 Å². The monoisotopic (exact) mass is 397 g/mol. The first-order valence-electron chi connectivity index (χ1n) is 9.80. The van der Waals surface area contributed by atoms with Crippen molar-refractivity contribution in [3.05, 3.63) is 54.1 Å². The molecule has 1 saturated heterocycles. The molecular weight excluding hydrogens is 370 g/mol. The summed E-state index contributed by atoms with van der Waals surface area (Å²) in [4.78, 5) is 27.7. The van der Waals surface area contributed by atoms with Gasteiger partial charge < -0.3 is 16.0 Å². The molecule has 3 rings (SSSR count). The van der Waals surface area contributed by atoms with E-state index in [1.807, 2.05) is 24.3 Å². The van der Waals surface area contributed by atoms with E-state index in [2.05, 4.69) is 22.3 Å². The van der Waals surface area contributed by atoms with Crippen molar-refractivity contribution < 1.29 is 9.59 Å². The van der Waals surface area contributed by atoms with Gasteiger partial charge in [-0.3, -0.25) is 9.59 Å². The Bertz CT molecular complexity index is 805. The maximum absolute atomic E-state index is 12.3. The number of rotatable bonds is 8. The SMILES string of the molecule is NC(=O)c1cc(N2CCCCC2)ccc1NC(=O)CCCSc1ccccc1. The third-order valence-electron chi connectivity index (χ3n) is 4.82. The molecule has 6 heteroatoms. The molecule has 1 heterocycles. The van der Waals surface area contributed by atoms with Crippen molar-refractivity contribution in [3.63, 3.8) is 0 Å². The maximum Gasteiger partial charge on any atom is 0.250 e. The molecule has 0 saturated carbocycles. The van der Waals surface area contributed by atoms with Gasteiger partial charge in [0.1, 0.15) is 0 Å². The second-order valence-corrected chi connectivity index (χ2v) is 8.12. The highest BCUT2D eigenvalue weighted by Gasteiger charge is 2.16. The summed E-state index contributed by atoms with van der Waals surface area (Å²) in [5.41, 5.74) is 7.42. The van der Waals surface area contributed by atoms with Crippen LogP contribution in [0, 0.1) is 0 Å². The third-order valence-corrected chi connectivity index (χ3v) is 5.92. The van der Waals surface area contributed by atoms with E-state index in [1.54, 1.807) is 23.9 Å². The molecule has 0 atom stereocenters. The fourth-order valence-electron chi connectivity index (χ4n) is 3.35. The van der Waals surface area contributed by atoms with Gasteiger partial charge in [-0.05, 0) is 61.8 Å². The lowest BCUT2D eigenvalue weighted by molar-refractivity contribution is -0.116. The lowest BCUT2D eigenvalue weighted by Crippen LogP contribution is -2.29. The van der Waals surface area contributed by atoms with E-state index in [1.165, 1.54) is 11.3 Å². The average Bonchev–Trinajstić information content (AvgIpc) is 2.73. The largest absolute Gasteiger partial charge is 0.372 e. The Morgan fingerprint density at radius 3 is 2.50 bits per heavy atom. The summed E-state index contributed by atoms with van der Waals surface area (Å²) >= 11 is 1.73. The number of hydrogen-bond donors (Lipinski definition) is 2. The summed E-state index contributed by atoms with van der Waals surface area (Å²) in [5, 5.41) is 2.85. The Balaban J connectivity index is 1.54.